The van der Waals surface area contributed by atoms with E-state index >= 15 is 0 Å². The highest BCUT2D eigenvalue weighted by Gasteiger charge is 2.48. The van der Waals surface area contributed by atoms with Gasteiger partial charge in [0.25, 0.3) is 5.78 Å². The van der Waals surface area contributed by atoms with Gasteiger partial charge in [-0.25, -0.2) is 12.8 Å². The van der Waals surface area contributed by atoms with Crippen LogP contribution in [0.1, 0.15) is 12.5 Å². The van der Waals surface area contributed by atoms with Gasteiger partial charge in [0.15, 0.2) is 5.60 Å². The zero-order chi connectivity index (χ0) is 15.1. The molecule has 0 bridgehead atoms. The Morgan fingerprint density at radius 3 is 2.60 bits per heavy atom. The normalized spacial score (nSPS) is 22.9. The lowest BCUT2D eigenvalue weighted by atomic mass is 9.91. The van der Waals surface area contributed by atoms with Crippen LogP contribution in [0.5, 0.6) is 0 Å². The molecule has 1 aromatic carbocycles. The fourth-order valence-electron chi connectivity index (χ4n) is 1.84. The molecule has 1 aliphatic heterocycles. The molecule has 2 N–H and O–H groups in total. The summed E-state index contributed by atoms with van der Waals surface area (Å²) in [6.45, 7) is 1.32. The monoisotopic (exact) mass is 301 g/mol. The summed E-state index contributed by atoms with van der Waals surface area (Å²) in [5.74, 6) is -2.84. The second-order valence-corrected chi connectivity index (χ2v) is 6.28. The Morgan fingerprint density at radius 2 is 2.05 bits per heavy atom. The lowest BCUT2D eigenvalue weighted by Gasteiger charge is -2.23. The number of ether oxygens (including phenoxy) is 1. The summed E-state index contributed by atoms with van der Waals surface area (Å²) in [4.78, 5) is 12.0. The molecule has 0 radical (unpaired) electrons. The zero-order valence-corrected chi connectivity index (χ0v) is 11.5. The van der Waals surface area contributed by atoms with Crippen molar-refractivity contribution in [3.63, 3.8) is 0 Å². The Labute approximate surface area is 114 Å². The minimum absolute atomic E-state index is 0.166. The van der Waals surface area contributed by atoms with Gasteiger partial charge in [-0.05, 0) is 19.1 Å². The zero-order valence-electron chi connectivity index (χ0n) is 10.7. The van der Waals surface area contributed by atoms with E-state index in [4.69, 9.17) is 4.74 Å². The van der Waals surface area contributed by atoms with E-state index in [-0.39, 0.29) is 5.56 Å². The number of carbonyl (C=O) groups is 1. The summed E-state index contributed by atoms with van der Waals surface area (Å²) in [6.07, 6.45) is 0.846. The molecule has 20 heavy (non-hydrogen) atoms. The molecule has 6 nitrogen and oxygen atoms in total. The number of benzene rings is 1. The Bertz CT molecular complexity index is 712. The van der Waals surface area contributed by atoms with Gasteiger partial charge in [-0.15, -0.1) is 0 Å². The van der Waals surface area contributed by atoms with Crippen LogP contribution in [0.2, 0.25) is 0 Å². The molecule has 0 aromatic heterocycles. The molecule has 1 aliphatic rings. The van der Waals surface area contributed by atoms with Gasteiger partial charge in [0.1, 0.15) is 5.82 Å². The summed E-state index contributed by atoms with van der Waals surface area (Å²) < 4.78 is 42.6. The maximum atomic E-state index is 13.2. The number of nitrogens with one attached hydrogen (secondary N) is 1. The van der Waals surface area contributed by atoms with Gasteiger partial charge in [-0.3, -0.25) is 9.52 Å². The molecular weight excluding hydrogens is 289 g/mol. The van der Waals surface area contributed by atoms with E-state index in [9.17, 15) is 22.7 Å². The van der Waals surface area contributed by atoms with Gasteiger partial charge < -0.3 is 9.84 Å². The fourth-order valence-corrected chi connectivity index (χ4v) is 2.32. The number of aliphatic hydroxyl groups is 1. The van der Waals surface area contributed by atoms with Gasteiger partial charge in [0.05, 0.1) is 6.26 Å². The van der Waals surface area contributed by atoms with Crippen molar-refractivity contribution in [2.75, 3.05) is 6.26 Å². The number of Topliss-reactive ketones (excluding diaryl/α,β-unsaturated/α-hetero) is 1. The van der Waals surface area contributed by atoms with E-state index in [0.717, 1.165) is 12.3 Å². The third-order valence-corrected chi connectivity index (χ3v) is 3.38. The van der Waals surface area contributed by atoms with Crippen molar-refractivity contribution in [2.24, 2.45) is 0 Å². The standard InChI is InChI=1S/C12H12FNO5S/c1-12(7-4-3-5-8(13)6-7)10(16)9(15)11(19-12)14-20(2,17)18/h3-6,14-15H,1-2H3. The first-order valence-corrected chi connectivity index (χ1v) is 7.43. The maximum Gasteiger partial charge on any atom is 0.250 e. The second kappa shape index (κ2) is 4.48. The molecule has 0 fully saturated rings. The number of halogens is 1. The average molecular weight is 301 g/mol. The number of hydrogen-bond acceptors (Lipinski definition) is 5. The first kappa shape index (κ1) is 14.3. The lowest BCUT2D eigenvalue weighted by molar-refractivity contribution is -0.131. The van der Waals surface area contributed by atoms with E-state index in [2.05, 4.69) is 0 Å². The molecule has 0 amide bonds. The van der Waals surface area contributed by atoms with Gasteiger partial charge in [0, 0.05) is 5.56 Å². The van der Waals surface area contributed by atoms with Crippen LogP contribution < -0.4 is 4.72 Å². The van der Waals surface area contributed by atoms with E-state index in [1.165, 1.54) is 25.1 Å². The first-order valence-electron chi connectivity index (χ1n) is 5.54. The second-order valence-electron chi connectivity index (χ2n) is 4.53. The summed E-state index contributed by atoms with van der Waals surface area (Å²) in [5.41, 5.74) is -1.52. The van der Waals surface area contributed by atoms with Crippen LogP contribution in [-0.4, -0.2) is 25.6 Å². The quantitative estimate of drug-likeness (QED) is 0.866. The minimum atomic E-state index is -3.72. The maximum absolute atomic E-state index is 13.2. The minimum Gasteiger partial charge on any atom is -0.501 e. The predicted molar refractivity (Wildman–Crippen MR) is 67.5 cm³/mol. The third-order valence-electron chi connectivity index (χ3n) is 2.82. The number of hydrogen-bond donors (Lipinski definition) is 2. The van der Waals surface area contributed by atoms with Gasteiger partial charge in [0.2, 0.25) is 21.7 Å². The van der Waals surface area contributed by atoms with Crippen LogP contribution >= 0.6 is 0 Å². The lowest BCUT2D eigenvalue weighted by Crippen LogP contribution is -2.32. The molecule has 0 saturated heterocycles. The molecule has 1 atom stereocenters. The number of ketones is 1. The van der Waals surface area contributed by atoms with Crippen LogP contribution in [0, 0.1) is 5.82 Å². The number of rotatable bonds is 3. The fraction of sp³-hybridized carbons (Fsp3) is 0.250. The van der Waals surface area contributed by atoms with Gasteiger partial charge in [-0.2, -0.15) is 0 Å². The molecule has 1 unspecified atom stereocenters. The van der Waals surface area contributed by atoms with E-state index in [1.807, 2.05) is 4.72 Å². The molecule has 0 aliphatic carbocycles. The molecule has 0 spiro atoms. The average Bonchev–Trinajstić information content (AvgIpc) is 2.53. The van der Waals surface area contributed by atoms with Gasteiger partial charge >= 0.3 is 0 Å². The molecule has 8 heteroatoms. The van der Waals surface area contributed by atoms with Crippen LogP contribution in [0.15, 0.2) is 35.9 Å². The number of aliphatic hydroxyl groups excluding tert-OH is 1. The van der Waals surface area contributed by atoms with E-state index in [1.54, 1.807) is 0 Å². The molecule has 1 heterocycles. The molecule has 108 valence electrons. The highest BCUT2D eigenvalue weighted by molar-refractivity contribution is 7.88. The number of carbonyl (C=O) groups excluding carboxylic acids is 1. The highest BCUT2D eigenvalue weighted by Crippen LogP contribution is 2.37. The highest BCUT2D eigenvalue weighted by atomic mass is 32.2. The predicted octanol–water partition coefficient (Wildman–Crippen LogP) is 0.917. The SMILES string of the molecule is CC1(c2cccc(F)c2)OC(NS(C)(=O)=O)=C(O)C1=O. The third kappa shape index (κ3) is 2.46. The topological polar surface area (TPSA) is 92.7 Å². The van der Waals surface area contributed by atoms with E-state index < -0.39 is 38.9 Å². The Hall–Kier alpha value is -2.09. The van der Waals surface area contributed by atoms with Crippen molar-refractivity contribution < 1.29 is 27.4 Å². The number of sulfonamides is 1. The Balaban J connectivity index is 2.41. The first-order chi connectivity index (χ1) is 9.13. The molecular formula is C12H12FNO5S. The summed E-state index contributed by atoms with van der Waals surface area (Å²) in [7, 11) is -3.72. The summed E-state index contributed by atoms with van der Waals surface area (Å²) in [6, 6.07) is 5.09. The van der Waals surface area contributed by atoms with Crippen molar-refractivity contribution >= 4 is 15.8 Å². The summed E-state index contributed by atoms with van der Waals surface area (Å²) >= 11 is 0. The summed E-state index contributed by atoms with van der Waals surface area (Å²) in [5, 5.41) is 9.67. The van der Waals surface area contributed by atoms with Crippen molar-refractivity contribution in [2.45, 2.75) is 12.5 Å². The van der Waals surface area contributed by atoms with Crippen molar-refractivity contribution in [3.05, 3.63) is 47.3 Å². The van der Waals surface area contributed by atoms with Crippen molar-refractivity contribution in [1.29, 1.82) is 0 Å². The van der Waals surface area contributed by atoms with Crippen LogP contribution in [0.3, 0.4) is 0 Å². The van der Waals surface area contributed by atoms with E-state index in [0.29, 0.717) is 0 Å². The van der Waals surface area contributed by atoms with Crippen LogP contribution in [-0.2, 0) is 25.2 Å². The van der Waals surface area contributed by atoms with Crippen molar-refractivity contribution in [3.8, 4) is 0 Å². The molecule has 2 rings (SSSR count). The molecule has 1 aromatic rings. The van der Waals surface area contributed by atoms with Crippen molar-refractivity contribution in [1.82, 2.24) is 4.72 Å². The van der Waals surface area contributed by atoms with Gasteiger partial charge in [-0.1, -0.05) is 12.1 Å². The Kier molecular flexibility index (Phi) is 3.21. The Morgan fingerprint density at radius 1 is 1.40 bits per heavy atom. The largest absolute Gasteiger partial charge is 0.501 e. The molecule has 0 saturated carbocycles. The smallest absolute Gasteiger partial charge is 0.250 e. The van der Waals surface area contributed by atoms with Crippen LogP contribution in [0.25, 0.3) is 0 Å². The van der Waals surface area contributed by atoms with Crippen LogP contribution in [0.4, 0.5) is 4.39 Å².